The van der Waals surface area contributed by atoms with Crippen molar-refractivity contribution in [3.05, 3.63) is 41.5 Å². The second kappa shape index (κ2) is 9.14. The Morgan fingerprint density at radius 1 is 1.27 bits per heavy atom. The van der Waals surface area contributed by atoms with Crippen LogP contribution in [-0.4, -0.2) is 57.0 Å². The number of phenols is 1. The van der Waals surface area contributed by atoms with E-state index < -0.39 is 0 Å². The molecule has 2 aliphatic heterocycles. The maximum atomic E-state index is 12.7. The molecule has 2 aromatic rings. The van der Waals surface area contributed by atoms with Gasteiger partial charge in [0.05, 0.1) is 18.6 Å². The van der Waals surface area contributed by atoms with Crippen LogP contribution in [-0.2, 0) is 29.0 Å². The number of phenolic OH excluding ortho intramolecular Hbond substituents is 1. The van der Waals surface area contributed by atoms with E-state index in [-0.39, 0.29) is 23.8 Å². The molecule has 0 unspecified atom stereocenters. The first-order valence-corrected chi connectivity index (χ1v) is 10.8. The number of nitrogens with one attached hydrogen (secondary N) is 1. The molecular formula is C22H31N5O3. The van der Waals surface area contributed by atoms with Crippen molar-refractivity contribution in [2.24, 2.45) is 11.8 Å². The van der Waals surface area contributed by atoms with Gasteiger partial charge < -0.3 is 19.7 Å². The quantitative estimate of drug-likeness (QED) is 0.751. The Labute approximate surface area is 177 Å². The second-order valence-corrected chi connectivity index (χ2v) is 8.57. The van der Waals surface area contributed by atoms with Crippen LogP contribution in [0.4, 0.5) is 0 Å². The van der Waals surface area contributed by atoms with Crippen molar-refractivity contribution in [1.29, 1.82) is 0 Å². The fourth-order valence-corrected chi connectivity index (χ4v) is 4.20. The van der Waals surface area contributed by atoms with E-state index in [4.69, 9.17) is 4.74 Å². The zero-order valence-electron chi connectivity index (χ0n) is 17.8. The molecule has 2 atom stereocenters. The highest BCUT2D eigenvalue weighted by Crippen LogP contribution is 2.25. The second-order valence-electron chi connectivity index (χ2n) is 8.57. The lowest BCUT2D eigenvalue weighted by atomic mass is 10.0. The van der Waals surface area contributed by atoms with Gasteiger partial charge in [-0.1, -0.05) is 32.0 Å². The van der Waals surface area contributed by atoms with Crippen LogP contribution >= 0.6 is 0 Å². The lowest BCUT2D eigenvalue weighted by Gasteiger charge is -2.24. The summed E-state index contributed by atoms with van der Waals surface area (Å²) < 4.78 is 7.54. The molecule has 1 aromatic heterocycles. The maximum absolute atomic E-state index is 12.7. The number of benzene rings is 1. The molecule has 2 aliphatic rings. The number of fused-ring (bicyclic) bond motifs is 1. The molecule has 0 spiro atoms. The molecule has 1 amide bonds. The average Bonchev–Trinajstić information content (AvgIpc) is 3.36. The lowest BCUT2D eigenvalue weighted by Crippen LogP contribution is -2.38. The number of carbonyl (C=O) groups is 1. The van der Waals surface area contributed by atoms with Crippen LogP contribution in [0, 0.1) is 11.8 Å². The van der Waals surface area contributed by atoms with Gasteiger partial charge in [0.2, 0.25) is 5.91 Å². The predicted octanol–water partition coefficient (Wildman–Crippen LogP) is 1.89. The van der Waals surface area contributed by atoms with E-state index in [9.17, 15) is 9.90 Å². The number of aromatic nitrogens is 3. The number of hydrogen-bond donors (Lipinski definition) is 2. The number of carbonyl (C=O) groups excluding carboxylic acids is 1. The molecule has 1 aromatic carbocycles. The van der Waals surface area contributed by atoms with Gasteiger partial charge in [-0.2, -0.15) is 0 Å². The minimum atomic E-state index is -0.177. The maximum Gasteiger partial charge on any atom is 0.226 e. The Morgan fingerprint density at radius 3 is 2.83 bits per heavy atom. The van der Waals surface area contributed by atoms with Gasteiger partial charge in [0.25, 0.3) is 0 Å². The van der Waals surface area contributed by atoms with E-state index >= 15 is 0 Å². The van der Waals surface area contributed by atoms with Crippen LogP contribution < -0.4 is 5.32 Å². The summed E-state index contributed by atoms with van der Waals surface area (Å²) in [5.74, 6) is 2.28. The Bertz CT molecular complexity index is 875. The van der Waals surface area contributed by atoms with Crippen molar-refractivity contribution in [3.8, 4) is 5.75 Å². The summed E-state index contributed by atoms with van der Waals surface area (Å²) in [5.41, 5.74) is 0.932. The van der Waals surface area contributed by atoms with Crippen molar-refractivity contribution in [3.63, 3.8) is 0 Å². The van der Waals surface area contributed by atoms with E-state index in [1.54, 1.807) is 6.07 Å². The van der Waals surface area contributed by atoms with Crippen LogP contribution in [0.15, 0.2) is 24.3 Å². The molecular weight excluding hydrogens is 382 g/mol. The summed E-state index contributed by atoms with van der Waals surface area (Å²) in [6, 6.07) is 7.30. The number of nitrogens with zero attached hydrogens (tertiary/aromatic N) is 4. The highest BCUT2D eigenvalue weighted by atomic mass is 16.5. The molecule has 2 N–H and O–H groups in total. The van der Waals surface area contributed by atoms with Crippen LogP contribution in [0.1, 0.15) is 43.5 Å². The van der Waals surface area contributed by atoms with Crippen LogP contribution in [0.3, 0.4) is 0 Å². The Morgan fingerprint density at radius 2 is 2.10 bits per heavy atom. The summed E-state index contributed by atoms with van der Waals surface area (Å²) in [5, 5.41) is 22.2. The van der Waals surface area contributed by atoms with Crippen LogP contribution in [0.5, 0.6) is 5.75 Å². The highest BCUT2D eigenvalue weighted by Gasteiger charge is 2.31. The van der Waals surface area contributed by atoms with E-state index in [1.807, 2.05) is 18.2 Å². The first-order chi connectivity index (χ1) is 14.5. The normalized spacial score (nSPS) is 20.7. The van der Waals surface area contributed by atoms with Gasteiger partial charge in [0.15, 0.2) is 5.82 Å². The van der Waals surface area contributed by atoms with Gasteiger partial charge in [-0.25, -0.2) is 0 Å². The highest BCUT2D eigenvalue weighted by molar-refractivity contribution is 5.79. The number of hydrogen-bond acceptors (Lipinski definition) is 6. The van der Waals surface area contributed by atoms with Crippen LogP contribution in [0.25, 0.3) is 0 Å². The molecule has 0 bridgehead atoms. The van der Waals surface area contributed by atoms with E-state index in [1.165, 1.54) is 0 Å². The van der Waals surface area contributed by atoms with Gasteiger partial charge in [-0.05, 0) is 18.4 Å². The molecule has 0 radical (unpaired) electrons. The van der Waals surface area contributed by atoms with Gasteiger partial charge in [-0.15, -0.1) is 10.2 Å². The number of aromatic hydroxyl groups is 1. The van der Waals surface area contributed by atoms with Gasteiger partial charge >= 0.3 is 0 Å². The molecule has 4 rings (SSSR count). The number of ether oxygens (including phenoxy) is 1. The zero-order chi connectivity index (χ0) is 21.1. The summed E-state index contributed by atoms with van der Waals surface area (Å²) in [6.07, 6.45) is 1.56. The van der Waals surface area contributed by atoms with E-state index in [0.717, 1.165) is 49.7 Å². The summed E-state index contributed by atoms with van der Waals surface area (Å²) in [4.78, 5) is 15.0. The van der Waals surface area contributed by atoms with Gasteiger partial charge in [0.1, 0.15) is 11.6 Å². The van der Waals surface area contributed by atoms with Gasteiger partial charge in [0, 0.05) is 44.8 Å². The van der Waals surface area contributed by atoms with E-state index in [0.29, 0.717) is 25.5 Å². The van der Waals surface area contributed by atoms with Crippen molar-refractivity contribution in [1.82, 2.24) is 25.0 Å². The minimum Gasteiger partial charge on any atom is -0.508 e. The Kier molecular flexibility index (Phi) is 6.34. The summed E-state index contributed by atoms with van der Waals surface area (Å²) >= 11 is 0. The van der Waals surface area contributed by atoms with Gasteiger partial charge in [-0.3, -0.25) is 9.69 Å². The fraction of sp³-hybridized carbons (Fsp3) is 0.591. The Hall–Kier alpha value is -2.45. The lowest BCUT2D eigenvalue weighted by molar-refractivity contribution is -0.126. The molecule has 30 heavy (non-hydrogen) atoms. The SMILES string of the molecule is CC(C)[C@@H](NC(=O)[C@H]1CCOC1)c1nnc2n1CCN(Cc1ccccc1O)CC2. The third-order valence-electron chi connectivity index (χ3n) is 6.08. The standard InChI is InChI=1S/C22H31N5O3/c1-15(2)20(23-22(29)17-8-12-30-14-17)21-25-24-19-7-9-26(10-11-27(19)21)13-16-5-3-4-6-18(16)28/h3-6,15,17,20,28H,7-14H2,1-2H3,(H,23,29)/t17-,20+/m0/s1. The van der Waals surface area contributed by atoms with Crippen molar-refractivity contribution >= 4 is 5.91 Å². The van der Waals surface area contributed by atoms with E-state index in [2.05, 4.69) is 38.8 Å². The molecule has 3 heterocycles. The first-order valence-electron chi connectivity index (χ1n) is 10.8. The molecule has 0 saturated carbocycles. The molecule has 1 fully saturated rings. The summed E-state index contributed by atoms with van der Waals surface area (Å²) in [7, 11) is 0. The van der Waals surface area contributed by atoms with Crippen LogP contribution in [0.2, 0.25) is 0 Å². The largest absolute Gasteiger partial charge is 0.508 e. The van der Waals surface area contributed by atoms with Crippen molar-refractivity contribution in [2.75, 3.05) is 26.3 Å². The number of rotatable bonds is 6. The predicted molar refractivity (Wildman–Crippen MR) is 112 cm³/mol. The zero-order valence-corrected chi connectivity index (χ0v) is 17.8. The number of para-hydroxylation sites is 1. The smallest absolute Gasteiger partial charge is 0.226 e. The minimum absolute atomic E-state index is 0.0401. The van der Waals surface area contributed by atoms with Crippen molar-refractivity contribution in [2.45, 2.75) is 45.8 Å². The fourth-order valence-electron chi connectivity index (χ4n) is 4.20. The average molecular weight is 414 g/mol. The van der Waals surface area contributed by atoms with Crippen molar-refractivity contribution < 1.29 is 14.6 Å². The summed E-state index contributed by atoms with van der Waals surface area (Å²) in [6.45, 7) is 8.49. The third kappa shape index (κ3) is 4.49. The molecule has 8 nitrogen and oxygen atoms in total. The molecule has 0 aliphatic carbocycles. The molecule has 1 saturated heterocycles. The third-order valence-corrected chi connectivity index (χ3v) is 6.08. The Balaban J connectivity index is 1.47. The monoisotopic (exact) mass is 413 g/mol. The molecule has 8 heteroatoms. The number of amides is 1. The molecule has 162 valence electrons. The first kappa shape index (κ1) is 20.8. The topological polar surface area (TPSA) is 92.5 Å².